The number of carboxylic acid groups (broad SMARTS) is 1. The number of hydrogen-bond acceptors (Lipinski definition) is 2. The van der Waals surface area contributed by atoms with Gasteiger partial charge in [0, 0.05) is 5.56 Å². The van der Waals surface area contributed by atoms with Gasteiger partial charge < -0.3 is 9.84 Å². The molecule has 110 valence electrons. The van der Waals surface area contributed by atoms with Gasteiger partial charge in [-0.3, -0.25) is 4.79 Å². The molecule has 2 aromatic carbocycles. The van der Waals surface area contributed by atoms with Gasteiger partial charge in [0.2, 0.25) is 0 Å². The van der Waals surface area contributed by atoms with Crippen molar-refractivity contribution in [3.8, 4) is 0 Å². The van der Waals surface area contributed by atoms with E-state index in [4.69, 9.17) is 9.84 Å². The van der Waals surface area contributed by atoms with Crippen LogP contribution in [-0.4, -0.2) is 11.1 Å². The first-order valence-electron chi connectivity index (χ1n) is 6.70. The molecule has 4 heteroatoms. The minimum absolute atomic E-state index is 0.208. The smallest absolute Gasteiger partial charge is 0.310 e. The van der Waals surface area contributed by atoms with Gasteiger partial charge in [0.1, 0.15) is 5.82 Å². The Hall–Kier alpha value is -2.20. The van der Waals surface area contributed by atoms with Crippen LogP contribution in [0.4, 0.5) is 4.39 Å². The zero-order valence-corrected chi connectivity index (χ0v) is 11.8. The van der Waals surface area contributed by atoms with E-state index in [2.05, 4.69) is 0 Å². The van der Waals surface area contributed by atoms with Crippen LogP contribution >= 0.6 is 0 Å². The van der Waals surface area contributed by atoms with Gasteiger partial charge in [-0.1, -0.05) is 42.5 Å². The third-order valence-electron chi connectivity index (χ3n) is 3.33. The average Bonchev–Trinajstić information content (AvgIpc) is 2.49. The second-order valence-corrected chi connectivity index (χ2v) is 4.89. The van der Waals surface area contributed by atoms with Crippen molar-refractivity contribution in [2.24, 2.45) is 0 Å². The first-order valence-corrected chi connectivity index (χ1v) is 6.70. The summed E-state index contributed by atoms with van der Waals surface area (Å²) in [6.45, 7) is 2.21. The fraction of sp³-hybridized carbons (Fsp3) is 0.235. The van der Waals surface area contributed by atoms with Crippen molar-refractivity contribution in [3.63, 3.8) is 0 Å². The zero-order valence-electron chi connectivity index (χ0n) is 11.8. The molecule has 0 amide bonds. The maximum Gasteiger partial charge on any atom is 0.310 e. The van der Waals surface area contributed by atoms with Crippen LogP contribution in [0.3, 0.4) is 0 Å². The molecule has 0 bridgehead atoms. The maximum atomic E-state index is 13.4. The predicted molar refractivity (Wildman–Crippen MR) is 77.4 cm³/mol. The molecule has 0 spiro atoms. The summed E-state index contributed by atoms with van der Waals surface area (Å²) >= 11 is 0. The Kier molecular flexibility index (Phi) is 5.06. The highest BCUT2D eigenvalue weighted by molar-refractivity contribution is 5.75. The molecule has 0 aliphatic rings. The van der Waals surface area contributed by atoms with E-state index in [0.717, 1.165) is 11.1 Å². The molecular weight excluding hydrogens is 271 g/mol. The minimum atomic E-state index is -0.849. The molecule has 21 heavy (non-hydrogen) atoms. The molecule has 0 heterocycles. The van der Waals surface area contributed by atoms with E-state index in [-0.39, 0.29) is 12.4 Å². The number of rotatable bonds is 6. The summed E-state index contributed by atoms with van der Waals surface area (Å²) in [4.78, 5) is 10.9. The molecule has 0 aromatic heterocycles. The lowest BCUT2D eigenvalue weighted by Gasteiger charge is -2.09. The molecule has 1 N–H and O–H groups in total. The van der Waals surface area contributed by atoms with Crippen molar-refractivity contribution in [1.29, 1.82) is 0 Å². The summed E-state index contributed by atoms with van der Waals surface area (Å²) in [5.74, 6) is -1.65. The molecule has 0 aliphatic carbocycles. The lowest BCUT2D eigenvalue weighted by atomic mass is 10.0. The Bertz CT molecular complexity index is 608. The van der Waals surface area contributed by atoms with Crippen LogP contribution in [0.15, 0.2) is 48.5 Å². The van der Waals surface area contributed by atoms with E-state index in [1.165, 1.54) is 6.07 Å². The molecule has 2 rings (SSSR count). The van der Waals surface area contributed by atoms with Gasteiger partial charge in [-0.25, -0.2) is 4.39 Å². The molecular formula is C17H17FO3. The van der Waals surface area contributed by atoms with E-state index in [0.29, 0.717) is 12.2 Å². The SMILES string of the molecule is CC(C(=O)O)c1ccc(COCc2ccccc2F)cc1. The van der Waals surface area contributed by atoms with Crippen LogP contribution in [-0.2, 0) is 22.7 Å². The fourth-order valence-electron chi connectivity index (χ4n) is 1.94. The first-order chi connectivity index (χ1) is 10.1. The highest BCUT2D eigenvalue weighted by Gasteiger charge is 2.12. The topological polar surface area (TPSA) is 46.5 Å². The third kappa shape index (κ3) is 4.13. The minimum Gasteiger partial charge on any atom is -0.481 e. The van der Waals surface area contributed by atoms with Crippen molar-refractivity contribution < 1.29 is 19.0 Å². The monoisotopic (exact) mass is 288 g/mol. The molecule has 0 radical (unpaired) electrons. The van der Waals surface area contributed by atoms with Crippen molar-refractivity contribution in [1.82, 2.24) is 0 Å². The van der Waals surface area contributed by atoms with Gasteiger partial charge in [0.05, 0.1) is 19.1 Å². The Labute approximate surface area is 123 Å². The van der Waals surface area contributed by atoms with Crippen molar-refractivity contribution in [2.45, 2.75) is 26.1 Å². The third-order valence-corrected chi connectivity index (χ3v) is 3.33. The lowest BCUT2D eigenvalue weighted by molar-refractivity contribution is -0.138. The van der Waals surface area contributed by atoms with Crippen molar-refractivity contribution in [2.75, 3.05) is 0 Å². The fourth-order valence-corrected chi connectivity index (χ4v) is 1.94. The Morgan fingerprint density at radius 2 is 1.81 bits per heavy atom. The molecule has 0 saturated carbocycles. The van der Waals surface area contributed by atoms with E-state index >= 15 is 0 Å². The molecule has 0 fully saturated rings. The van der Waals surface area contributed by atoms with Gasteiger partial charge in [-0.05, 0) is 24.1 Å². The first kappa shape index (κ1) is 15.2. The number of benzene rings is 2. The number of halogens is 1. The molecule has 3 nitrogen and oxygen atoms in total. The van der Waals surface area contributed by atoms with Gasteiger partial charge in [-0.15, -0.1) is 0 Å². The number of aliphatic carboxylic acids is 1. The van der Waals surface area contributed by atoms with Gasteiger partial charge in [0.25, 0.3) is 0 Å². The Morgan fingerprint density at radius 1 is 1.14 bits per heavy atom. The van der Waals surface area contributed by atoms with Crippen LogP contribution in [0.2, 0.25) is 0 Å². The van der Waals surface area contributed by atoms with Crippen molar-refractivity contribution >= 4 is 5.97 Å². The maximum absolute atomic E-state index is 13.4. The summed E-state index contributed by atoms with van der Waals surface area (Å²) in [6.07, 6.45) is 0. The molecule has 1 unspecified atom stereocenters. The number of carbonyl (C=O) groups is 1. The zero-order chi connectivity index (χ0) is 15.2. The highest BCUT2D eigenvalue weighted by atomic mass is 19.1. The van der Waals surface area contributed by atoms with Gasteiger partial charge >= 0.3 is 5.97 Å². The number of carboxylic acids is 1. The van der Waals surface area contributed by atoms with E-state index in [1.807, 2.05) is 12.1 Å². The summed E-state index contributed by atoms with van der Waals surface area (Å²) in [5.41, 5.74) is 2.20. The number of ether oxygens (including phenoxy) is 1. The highest BCUT2D eigenvalue weighted by Crippen LogP contribution is 2.17. The van der Waals surface area contributed by atoms with Crippen LogP contribution in [0.5, 0.6) is 0 Å². The van der Waals surface area contributed by atoms with E-state index in [1.54, 1.807) is 37.3 Å². The standard InChI is InChI=1S/C17H17FO3/c1-12(17(19)20)14-8-6-13(7-9-14)10-21-11-15-4-2-3-5-16(15)18/h2-9,12H,10-11H2,1H3,(H,19,20). The van der Waals surface area contributed by atoms with Crippen LogP contribution < -0.4 is 0 Å². The summed E-state index contributed by atoms with van der Waals surface area (Å²) in [7, 11) is 0. The van der Waals surface area contributed by atoms with Crippen LogP contribution in [0.1, 0.15) is 29.5 Å². The summed E-state index contributed by atoms with van der Waals surface area (Å²) < 4.78 is 18.9. The Balaban J connectivity index is 1.90. The largest absolute Gasteiger partial charge is 0.481 e. The van der Waals surface area contributed by atoms with Crippen LogP contribution in [0.25, 0.3) is 0 Å². The van der Waals surface area contributed by atoms with Crippen LogP contribution in [0, 0.1) is 5.82 Å². The molecule has 1 atom stereocenters. The lowest BCUT2D eigenvalue weighted by Crippen LogP contribution is -2.07. The van der Waals surface area contributed by atoms with Gasteiger partial charge in [0.15, 0.2) is 0 Å². The molecule has 0 aliphatic heterocycles. The number of hydrogen-bond donors (Lipinski definition) is 1. The van der Waals surface area contributed by atoms with Gasteiger partial charge in [-0.2, -0.15) is 0 Å². The molecule has 0 saturated heterocycles. The second kappa shape index (κ2) is 6.99. The summed E-state index contributed by atoms with van der Waals surface area (Å²) in [6, 6.07) is 13.7. The van der Waals surface area contributed by atoms with E-state index < -0.39 is 11.9 Å². The average molecular weight is 288 g/mol. The Morgan fingerprint density at radius 3 is 2.43 bits per heavy atom. The van der Waals surface area contributed by atoms with E-state index in [9.17, 15) is 9.18 Å². The predicted octanol–water partition coefficient (Wildman–Crippen LogP) is 3.73. The normalized spacial score (nSPS) is 12.1. The second-order valence-electron chi connectivity index (χ2n) is 4.89. The quantitative estimate of drug-likeness (QED) is 0.881. The molecule has 2 aromatic rings. The van der Waals surface area contributed by atoms with Crippen molar-refractivity contribution in [3.05, 3.63) is 71.0 Å². The summed E-state index contributed by atoms with van der Waals surface area (Å²) in [5, 5.41) is 8.94.